The molecule has 0 saturated heterocycles. The van der Waals surface area contributed by atoms with Gasteiger partial charge in [0.25, 0.3) is 0 Å². The van der Waals surface area contributed by atoms with Gasteiger partial charge < -0.3 is 20.1 Å². The van der Waals surface area contributed by atoms with E-state index in [-0.39, 0.29) is 57.5 Å². The Labute approximate surface area is 311 Å². The van der Waals surface area contributed by atoms with Crippen molar-refractivity contribution < 1.29 is 37.4 Å². The zero-order chi connectivity index (χ0) is 35.1. The van der Waals surface area contributed by atoms with Gasteiger partial charge in [-0.3, -0.25) is 9.98 Å². The third kappa shape index (κ3) is 11.5. The summed E-state index contributed by atoms with van der Waals surface area (Å²) in [7, 11) is 0. The van der Waals surface area contributed by atoms with E-state index < -0.39 is 0 Å². The van der Waals surface area contributed by atoms with Crippen LogP contribution in [0.25, 0.3) is 0 Å². The number of phenolic OH excluding ortho intramolecular Hbond substituents is 2. The number of rotatable bonds is 6. The van der Waals surface area contributed by atoms with Crippen LogP contribution in [-0.2, 0) is 28.2 Å². The van der Waals surface area contributed by atoms with Crippen LogP contribution < -0.4 is 9.84 Å². The van der Waals surface area contributed by atoms with E-state index in [1.54, 1.807) is 36.7 Å². The molecule has 1 saturated carbocycles. The molecule has 0 spiro atoms. The summed E-state index contributed by atoms with van der Waals surface area (Å²) in [6, 6.07) is 22.8. The Balaban J connectivity index is 0.000000361. The molecule has 2 N–H and O–H groups in total. The van der Waals surface area contributed by atoms with Crippen LogP contribution >= 0.6 is 23.2 Å². The van der Waals surface area contributed by atoms with Gasteiger partial charge in [0, 0.05) is 62.1 Å². The standard InChI is InChI=1S/C28H36Cl2N2O2.C12H10O2.Cr/c1-27(2,3)21-13-19(29)11-17(25(21)33)15-31-23-9-7-8-10-24(23)32-16-18-12-20(30)14-22(26(18)34)28(4,5)6;13-10-6-8-12(9-7-10)14-11-4-2-1-3-5-11;/h11-16,23-24,33-34H,7-10H2,1-6H3;1-9,13H;/p-1/t23-,24-;;/m1../s1. The molecule has 49 heavy (non-hydrogen) atoms. The normalized spacial score (nSPS) is 16.6. The van der Waals surface area contributed by atoms with Gasteiger partial charge in [0.1, 0.15) is 23.0 Å². The maximum absolute atomic E-state index is 10.8. The Hall–Kier alpha value is -3.47. The molecular weight excluding hydrogens is 695 g/mol. The molecule has 1 aliphatic carbocycles. The minimum absolute atomic E-state index is 0. The van der Waals surface area contributed by atoms with Crippen molar-refractivity contribution >= 4 is 35.6 Å². The number of nitrogens with zero attached hydrogens (tertiary/aromatic N) is 2. The van der Waals surface area contributed by atoms with Gasteiger partial charge in [0.15, 0.2) is 0 Å². The fourth-order valence-corrected chi connectivity index (χ4v) is 5.96. The second-order valence-electron chi connectivity index (χ2n) is 14.1. The molecule has 260 valence electrons. The molecule has 9 heteroatoms. The van der Waals surface area contributed by atoms with Gasteiger partial charge >= 0.3 is 0 Å². The molecule has 0 bridgehead atoms. The SMILES string of the molecule is CC(C)(C)c1cc(Cl)cc(C=N[C@@H]2CCCC[C@H]2N=Cc2cc(Cl)cc(C(C)(C)C)c2O)c1O.[Cr].[O-]c1ccc(Oc2ccccc2)cc1. The average Bonchev–Trinajstić information content (AvgIpc) is 3.03. The first kappa shape index (κ1) is 40.0. The summed E-state index contributed by atoms with van der Waals surface area (Å²) in [5.74, 6) is 1.87. The van der Waals surface area contributed by atoms with Crippen molar-refractivity contribution in [3.05, 3.63) is 111 Å². The summed E-state index contributed by atoms with van der Waals surface area (Å²) in [5.41, 5.74) is 2.36. The van der Waals surface area contributed by atoms with Crippen LogP contribution in [0.5, 0.6) is 28.7 Å². The summed E-state index contributed by atoms with van der Waals surface area (Å²) in [4.78, 5) is 9.65. The minimum atomic E-state index is -0.236. The van der Waals surface area contributed by atoms with Crippen molar-refractivity contribution in [1.29, 1.82) is 0 Å². The summed E-state index contributed by atoms with van der Waals surface area (Å²) in [5, 5.41) is 33.6. The number of hydrogen-bond donors (Lipinski definition) is 2. The van der Waals surface area contributed by atoms with Crippen molar-refractivity contribution in [2.45, 2.75) is 90.1 Å². The fraction of sp³-hybridized carbons (Fsp3) is 0.350. The molecular formula is C40H45Cl2CrN2O4-. The van der Waals surface area contributed by atoms with Crippen LogP contribution in [0.3, 0.4) is 0 Å². The first-order valence-corrected chi connectivity index (χ1v) is 17.0. The molecule has 0 amide bonds. The van der Waals surface area contributed by atoms with E-state index >= 15 is 0 Å². The average molecular weight is 741 g/mol. The van der Waals surface area contributed by atoms with Crippen molar-refractivity contribution in [1.82, 2.24) is 0 Å². The Morgan fingerprint density at radius 2 is 1.08 bits per heavy atom. The largest absolute Gasteiger partial charge is 0.872 e. The van der Waals surface area contributed by atoms with Crippen molar-refractivity contribution in [2.24, 2.45) is 9.98 Å². The van der Waals surface area contributed by atoms with Gasteiger partial charge in [-0.25, -0.2) is 0 Å². The number of aliphatic imine (C=N–C) groups is 2. The van der Waals surface area contributed by atoms with Gasteiger partial charge in [-0.1, -0.05) is 108 Å². The first-order valence-electron chi connectivity index (χ1n) is 16.2. The number of benzene rings is 4. The molecule has 2 atom stereocenters. The van der Waals surface area contributed by atoms with E-state index in [4.69, 9.17) is 37.9 Å². The number of halogens is 2. The van der Waals surface area contributed by atoms with E-state index in [9.17, 15) is 15.3 Å². The maximum Gasteiger partial charge on any atom is 0.128 e. The molecule has 4 aromatic rings. The Bertz CT molecular complexity index is 1640. The van der Waals surface area contributed by atoms with Crippen LogP contribution in [0.1, 0.15) is 89.5 Å². The molecule has 5 rings (SSSR count). The molecule has 1 fully saturated rings. The van der Waals surface area contributed by atoms with Crippen molar-refractivity contribution in [3.8, 4) is 28.7 Å². The van der Waals surface area contributed by atoms with Crippen LogP contribution in [0.15, 0.2) is 88.8 Å². The van der Waals surface area contributed by atoms with Gasteiger partial charge in [-0.15, -0.1) is 5.75 Å². The molecule has 0 aliphatic heterocycles. The molecule has 0 aromatic heterocycles. The van der Waals surface area contributed by atoms with Crippen LogP contribution in [0.2, 0.25) is 10.0 Å². The van der Waals surface area contributed by atoms with Gasteiger partial charge in [-0.05, 0) is 72.2 Å². The van der Waals surface area contributed by atoms with Crippen molar-refractivity contribution in [3.63, 3.8) is 0 Å². The second-order valence-corrected chi connectivity index (χ2v) is 15.0. The molecule has 4 aromatic carbocycles. The van der Waals surface area contributed by atoms with E-state index in [1.807, 2.05) is 84.0 Å². The molecule has 6 nitrogen and oxygen atoms in total. The van der Waals surface area contributed by atoms with E-state index in [0.29, 0.717) is 26.9 Å². The maximum atomic E-state index is 10.8. The zero-order valence-corrected chi connectivity index (χ0v) is 31.7. The third-order valence-corrected chi connectivity index (χ3v) is 8.57. The van der Waals surface area contributed by atoms with Crippen molar-refractivity contribution in [2.75, 3.05) is 0 Å². The molecule has 0 unspecified atom stereocenters. The summed E-state index contributed by atoms with van der Waals surface area (Å²) in [6.45, 7) is 12.3. The second kappa shape index (κ2) is 17.5. The summed E-state index contributed by atoms with van der Waals surface area (Å²) < 4.78 is 5.49. The quantitative estimate of drug-likeness (QED) is 0.192. The monoisotopic (exact) mass is 739 g/mol. The van der Waals surface area contributed by atoms with Gasteiger partial charge in [-0.2, -0.15) is 0 Å². The number of aromatic hydroxyl groups is 2. The zero-order valence-electron chi connectivity index (χ0n) is 28.9. The first-order chi connectivity index (χ1) is 22.6. The number of ether oxygens (including phenoxy) is 1. The number of para-hydroxylation sites is 1. The van der Waals surface area contributed by atoms with E-state index in [0.717, 1.165) is 42.6 Å². The predicted molar refractivity (Wildman–Crippen MR) is 197 cm³/mol. The smallest absolute Gasteiger partial charge is 0.128 e. The summed E-state index contributed by atoms with van der Waals surface area (Å²) >= 11 is 12.7. The van der Waals surface area contributed by atoms with E-state index in [1.165, 1.54) is 12.1 Å². The Morgan fingerprint density at radius 3 is 1.49 bits per heavy atom. The van der Waals surface area contributed by atoms with Crippen LogP contribution in [-0.4, -0.2) is 34.7 Å². The van der Waals surface area contributed by atoms with E-state index in [2.05, 4.69) is 0 Å². The number of phenols is 2. The third-order valence-electron chi connectivity index (χ3n) is 8.13. The van der Waals surface area contributed by atoms with Gasteiger partial charge in [0.05, 0.1) is 12.1 Å². The predicted octanol–water partition coefficient (Wildman–Crippen LogP) is 10.4. The topological polar surface area (TPSA) is 97.5 Å². The Morgan fingerprint density at radius 1 is 0.673 bits per heavy atom. The van der Waals surface area contributed by atoms with Gasteiger partial charge in [0.2, 0.25) is 0 Å². The van der Waals surface area contributed by atoms with Crippen LogP contribution in [0, 0.1) is 0 Å². The molecule has 1 aliphatic rings. The Kier molecular flexibility index (Phi) is 14.2. The fourth-order valence-electron chi connectivity index (χ4n) is 5.50. The van der Waals surface area contributed by atoms with Crippen LogP contribution in [0.4, 0.5) is 0 Å². The summed E-state index contributed by atoms with van der Waals surface area (Å²) in [6.07, 6.45) is 7.45. The molecule has 0 radical (unpaired) electrons. The number of hydrogen-bond acceptors (Lipinski definition) is 6. The molecule has 0 heterocycles. The minimum Gasteiger partial charge on any atom is -0.872 e.